The summed E-state index contributed by atoms with van der Waals surface area (Å²) in [6, 6.07) is 38.2. The molecule has 0 unspecified atom stereocenters. The Bertz CT molecular complexity index is 3890. The lowest BCUT2D eigenvalue weighted by molar-refractivity contribution is 0.00739. The largest absolute Gasteiger partial charge is 0.444 e. The summed E-state index contributed by atoms with van der Waals surface area (Å²) in [5, 5.41) is 6.77. The van der Waals surface area contributed by atoms with Crippen LogP contribution in [-0.4, -0.2) is 99.3 Å². The number of benzene rings is 4. The van der Waals surface area contributed by atoms with E-state index in [-0.39, 0.29) is 35.1 Å². The molecule has 2 saturated heterocycles. The number of Topliss-reactive ketones (excluding diaryl/α,β-unsaturated/α-hetero) is 2. The summed E-state index contributed by atoms with van der Waals surface area (Å²) < 4.78 is 29.9. The number of rotatable bonds is 13. The molecular weight excluding hydrogens is 1180 g/mol. The van der Waals surface area contributed by atoms with Crippen LogP contribution in [-0.2, 0) is 18.7 Å². The zero-order valence-electron chi connectivity index (χ0n) is 53.0. The van der Waals surface area contributed by atoms with Crippen molar-refractivity contribution in [3.8, 4) is 22.5 Å². The number of pyridine rings is 2. The Balaban J connectivity index is 0.000000190. The lowest BCUT2D eigenvalue weighted by Gasteiger charge is -2.36. The predicted molar refractivity (Wildman–Crippen MR) is 350 cm³/mol. The third-order valence-electron chi connectivity index (χ3n) is 14.7. The normalized spacial score (nSPS) is 15.0. The second-order valence-electron chi connectivity index (χ2n) is 24.2. The number of nitrogens with one attached hydrogen (secondary N) is 3. The molecule has 91 heavy (non-hydrogen) atoms. The van der Waals surface area contributed by atoms with Gasteiger partial charge in [-0.05, 0) is 178 Å². The van der Waals surface area contributed by atoms with Gasteiger partial charge in [-0.3, -0.25) is 33.5 Å². The van der Waals surface area contributed by atoms with Gasteiger partial charge in [-0.2, -0.15) is 0 Å². The second kappa shape index (κ2) is 29.3. The molecule has 2 aliphatic rings. The molecule has 10 rings (SSSR count). The number of imidazole rings is 2. The standard InChI is InChI=1S/C28H34N6O4.C28H33N5O4.C12H12NO2P/c1-17-13-14-30-22(16-17)31-26(36)20-11-9-19(10-12-20)23-24(18(2)35)34(29)25(32-23)21-8-6-7-15-33(21)27(37)38-28(3,4)5;1-17-13-14-29-22(16-17)30-26(35)20-11-9-19(10-12-20)24-23(18(2)34)31-25(32-24)21-8-6-7-15-33(21)27(36)37-28(3,4)5;13-15-16(14,11-7-3-1-4-8-11)12-9-5-2-6-10-12/h9-14,16,21H,6-8,15,29H2,1-5H3,(H,30,31,36);9-14,16,21H,6-8,15H2,1-5H3,(H,31,32)(H,29,30,35);1-10H,13H2/t2*21-;/m00./s1. The molecule has 0 spiro atoms. The lowest BCUT2D eigenvalue weighted by Crippen LogP contribution is -2.43. The number of ketones is 2. The second-order valence-corrected chi connectivity index (χ2v) is 26.5. The van der Waals surface area contributed by atoms with E-state index in [9.17, 15) is 33.3 Å². The van der Waals surface area contributed by atoms with E-state index in [1.807, 2.05) is 104 Å². The van der Waals surface area contributed by atoms with Gasteiger partial charge in [0.1, 0.15) is 45.7 Å². The number of hydrogen-bond acceptors (Lipinski definition) is 16. The number of nitrogens with two attached hydrogens (primary N) is 2. The molecule has 8 aromatic rings. The summed E-state index contributed by atoms with van der Waals surface area (Å²) >= 11 is 0. The average molecular weight is 1260 g/mol. The van der Waals surface area contributed by atoms with Gasteiger partial charge in [0, 0.05) is 72.2 Å². The van der Waals surface area contributed by atoms with E-state index < -0.39 is 36.8 Å². The number of aromatic amines is 1. The highest BCUT2D eigenvalue weighted by atomic mass is 31.2. The molecule has 4 aromatic carbocycles. The molecule has 476 valence electrons. The highest BCUT2D eigenvalue weighted by Gasteiger charge is 2.37. The van der Waals surface area contributed by atoms with Crippen LogP contribution >= 0.6 is 7.37 Å². The van der Waals surface area contributed by atoms with Crippen molar-refractivity contribution in [2.45, 2.75) is 131 Å². The summed E-state index contributed by atoms with van der Waals surface area (Å²) in [5.74, 6) is 12.5. The van der Waals surface area contributed by atoms with Crippen LogP contribution < -0.4 is 33.0 Å². The summed E-state index contributed by atoms with van der Waals surface area (Å²) in [4.78, 5) is 101. The number of aromatic nitrogens is 6. The van der Waals surface area contributed by atoms with Crippen molar-refractivity contribution in [3.05, 3.63) is 191 Å². The highest BCUT2D eigenvalue weighted by molar-refractivity contribution is 7.74. The Morgan fingerprint density at radius 3 is 1.44 bits per heavy atom. The van der Waals surface area contributed by atoms with Gasteiger partial charge in [0.15, 0.2) is 17.4 Å². The van der Waals surface area contributed by atoms with Crippen LogP contribution in [0.25, 0.3) is 22.5 Å². The predicted octanol–water partition coefficient (Wildman–Crippen LogP) is 12.4. The van der Waals surface area contributed by atoms with E-state index in [4.69, 9.17) is 35.8 Å². The first kappa shape index (κ1) is 67.3. The Morgan fingerprint density at radius 1 is 0.582 bits per heavy atom. The molecule has 0 saturated carbocycles. The average Bonchev–Trinajstić information content (AvgIpc) is 1.77. The molecule has 2 fully saturated rings. The van der Waals surface area contributed by atoms with Gasteiger partial charge in [0.05, 0.1) is 17.8 Å². The van der Waals surface area contributed by atoms with Crippen molar-refractivity contribution in [2.24, 2.45) is 5.90 Å². The number of nitrogens with zero attached hydrogens (tertiary/aromatic N) is 7. The molecule has 4 aromatic heterocycles. The minimum absolute atomic E-state index is 0.166. The lowest BCUT2D eigenvalue weighted by atomic mass is 10.0. The number of anilines is 2. The molecule has 23 heteroatoms. The van der Waals surface area contributed by atoms with E-state index in [0.29, 0.717) is 92.7 Å². The molecular formula is C68H79N12O10P. The van der Waals surface area contributed by atoms with Crippen LogP contribution in [0.4, 0.5) is 21.2 Å². The van der Waals surface area contributed by atoms with E-state index in [2.05, 4.69) is 25.6 Å². The van der Waals surface area contributed by atoms with Crippen molar-refractivity contribution in [3.63, 3.8) is 0 Å². The summed E-state index contributed by atoms with van der Waals surface area (Å²) in [6.45, 7) is 18.8. The minimum Gasteiger partial charge on any atom is -0.444 e. The number of ether oxygens (including phenoxy) is 2. The maximum atomic E-state index is 13.0. The molecule has 2 atom stereocenters. The zero-order valence-corrected chi connectivity index (χ0v) is 53.9. The van der Waals surface area contributed by atoms with Crippen LogP contribution in [0.3, 0.4) is 0 Å². The third-order valence-corrected chi connectivity index (χ3v) is 17.0. The van der Waals surface area contributed by atoms with Crippen LogP contribution in [0, 0.1) is 13.8 Å². The molecule has 7 N–H and O–H groups in total. The number of H-pyrrole nitrogens is 1. The van der Waals surface area contributed by atoms with Crippen LogP contribution in [0.1, 0.15) is 170 Å². The fraction of sp³-hybridized carbons (Fsp3) is 0.324. The number of hydrogen-bond donors (Lipinski definition) is 5. The monoisotopic (exact) mass is 1250 g/mol. The number of carbonyl (C=O) groups is 6. The SMILES string of the molecule is CC(=O)c1[nH]c([C@@H]2CCCCN2C(=O)OC(C)(C)C)nc1-c1ccc(C(=O)Nc2cc(C)ccn2)cc1.CC(=O)c1c(-c2ccc(C(=O)Nc3cc(C)ccn3)cc2)nc([C@@H]2CCCCN2C(=O)OC(C)(C)C)n1N.NOP(=O)(c1ccccc1)c1ccccc1. The van der Waals surface area contributed by atoms with Crippen molar-refractivity contribution in [1.82, 2.24) is 39.4 Å². The van der Waals surface area contributed by atoms with Gasteiger partial charge in [0.25, 0.3) is 19.2 Å². The van der Waals surface area contributed by atoms with Gasteiger partial charge >= 0.3 is 12.2 Å². The van der Waals surface area contributed by atoms with Gasteiger partial charge in [-0.15, -0.1) is 0 Å². The van der Waals surface area contributed by atoms with E-state index in [0.717, 1.165) is 43.2 Å². The molecule has 0 bridgehead atoms. The van der Waals surface area contributed by atoms with Crippen molar-refractivity contribution in [1.29, 1.82) is 0 Å². The molecule has 2 aliphatic heterocycles. The number of amides is 4. The molecule has 6 heterocycles. The number of aryl methyl sites for hydroxylation is 2. The summed E-state index contributed by atoms with van der Waals surface area (Å²) in [5.41, 5.74) is 4.42. The summed E-state index contributed by atoms with van der Waals surface area (Å²) in [6.07, 6.45) is 7.37. The number of piperidine rings is 2. The van der Waals surface area contributed by atoms with Gasteiger partial charge in [-0.25, -0.2) is 44.7 Å². The maximum Gasteiger partial charge on any atom is 0.410 e. The first-order valence-electron chi connectivity index (χ1n) is 30.0. The third kappa shape index (κ3) is 17.2. The molecule has 4 amide bonds. The molecule has 0 radical (unpaired) electrons. The molecule has 0 aliphatic carbocycles. The fourth-order valence-electron chi connectivity index (χ4n) is 10.4. The van der Waals surface area contributed by atoms with E-state index in [1.165, 1.54) is 18.5 Å². The van der Waals surface area contributed by atoms with Crippen molar-refractivity contribution in [2.75, 3.05) is 29.6 Å². The van der Waals surface area contributed by atoms with E-state index >= 15 is 0 Å². The first-order chi connectivity index (χ1) is 43.2. The van der Waals surface area contributed by atoms with E-state index in [1.54, 1.807) is 107 Å². The summed E-state index contributed by atoms with van der Waals surface area (Å²) in [7, 11) is -3.13. The number of nitrogen functional groups attached to an aromatic ring is 1. The minimum atomic E-state index is -3.13. The Hall–Kier alpha value is -9.63. The zero-order chi connectivity index (χ0) is 65.8. The van der Waals surface area contributed by atoms with Crippen LogP contribution in [0.2, 0.25) is 0 Å². The van der Waals surface area contributed by atoms with Gasteiger partial charge < -0.3 is 30.9 Å². The van der Waals surface area contributed by atoms with Gasteiger partial charge in [0.2, 0.25) is 0 Å². The Morgan fingerprint density at radius 2 is 1.02 bits per heavy atom. The highest BCUT2D eigenvalue weighted by Crippen LogP contribution is 2.42. The topological polar surface area (TPSA) is 302 Å². The maximum absolute atomic E-state index is 13.0. The van der Waals surface area contributed by atoms with Gasteiger partial charge in [-0.1, -0.05) is 60.7 Å². The van der Waals surface area contributed by atoms with Crippen LogP contribution in [0.5, 0.6) is 0 Å². The number of carbonyl (C=O) groups excluding carboxylic acids is 6. The van der Waals surface area contributed by atoms with Crippen LogP contribution in [0.15, 0.2) is 146 Å². The smallest absolute Gasteiger partial charge is 0.410 e. The Kier molecular flexibility index (Phi) is 21.7. The van der Waals surface area contributed by atoms with Crippen molar-refractivity contribution < 1.29 is 47.4 Å². The number of likely N-dealkylation sites (tertiary alicyclic amines) is 2. The quantitative estimate of drug-likeness (QED) is 0.0310. The Labute approximate surface area is 529 Å². The molecule has 22 nitrogen and oxygen atoms in total. The van der Waals surface area contributed by atoms with Crippen molar-refractivity contribution >= 4 is 65.2 Å². The fourth-order valence-corrected chi connectivity index (χ4v) is 12.1. The first-order valence-corrected chi connectivity index (χ1v) is 31.6.